The Morgan fingerprint density at radius 2 is 2.16 bits per heavy atom. The van der Waals surface area contributed by atoms with Crippen molar-refractivity contribution in [3.63, 3.8) is 0 Å². The van der Waals surface area contributed by atoms with Gasteiger partial charge in [0, 0.05) is 18.2 Å². The van der Waals surface area contributed by atoms with Gasteiger partial charge in [-0.3, -0.25) is 0 Å². The second kappa shape index (κ2) is 6.95. The van der Waals surface area contributed by atoms with Gasteiger partial charge in [0.15, 0.2) is 0 Å². The summed E-state index contributed by atoms with van der Waals surface area (Å²) in [5.41, 5.74) is -0.0552. The number of hydrogen-bond acceptors (Lipinski definition) is 4. The molecule has 1 atom stereocenters. The molecule has 5 nitrogen and oxygen atoms in total. The molecule has 0 aromatic heterocycles. The molecule has 1 aromatic carbocycles. The maximum atomic E-state index is 13.2. The zero-order valence-corrected chi connectivity index (χ0v) is 11.7. The number of ether oxygens (including phenoxy) is 1. The smallest absolute Gasteiger partial charge is 0.240 e. The average Bonchev–Trinajstić information content (AvgIpc) is 2.36. The van der Waals surface area contributed by atoms with Gasteiger partial charge >= 0.3 is 0 Å². The first-order valence-corrected chi connectivity index (χ1v) is 7.38. The van der Waals surface area contributed by atoms with Crippen LogP contribution in [0, 0.1) is 5.82 Å². The summed E-state index contributed by atoms with van der Waals surface area (Å²) in [5, 5.41) is 8.93. The SMILES string of the molecule is CCOCC(C)NS(=O)(=O)c1ccc(F)c(CO)c1. The number of aliphatic hydroxyl groups excluding tert-OH is 1. The average molecular weight is 291 g/mol. The monoisotopic (exact) mass is 291 g/mol. The predicted molar refractivity (Wildman–Crippen MR) is 68.6 cm³/mol. The van der Waals surface area contributed by atoms with Crippen LogP contribution in [0.25, 0.3) is 0 Å². The molecule has 0 aliphatic rings. The Bertz CT molecular complexity index is 518. The second-order valence-electron chi connectivity index (χ2n) is 4.09. The van der Waals surface area contributed by atoms with Crippen molar-refractivity contribution >= 4 is 10.0 Å². The highest BCUT2D eigenvalue weighted by atomic mass is 32.2. The van der Waals surface area contributed by atoms with Gasteiger partial charge in [-0.05, 0) is 32.0 Å². The van der Waals surface area contributed by atoms with Crippen LogP contribution in [-0.4, -0.2) is 32.8 Å². The fraction of sp³-hybridized carbons (Fsp3) is 0.500. The summed E-state index contributed by atoms with van der Waals surface area (Å²) in [7, 11) is -3.75. The summed E-state index contributed by atoms with van der Waals surface area (Å²) >= 11 is 0. The lowest BCUT2D eigenvalue weighted by atomic mass is 10.2. The van der Waals surface area contributed by atoms with Crippen LogP contribution < -0.4 is 4.72 Å². The topological polar surface area (TPSA) is 75.6 Å². The minimum Gasteiger partial charge on any atom is -0.392 e. The molecule has 19 heavy (non-hydrogen) atoms. The molecule has 108 valence electrons. The number of benzene rings is 1. The van der Waals surface area contributed by atoms with Crippen molar-refractivity contribution in [2.75, 3.05) is 13.2 Å². The molecule has 2 N–H and O–H groups in total. The predicted octanol–water partition coefficient (Wildman–Crippen LogP) is 1.02. The van der Waals surface area contributed by atoms with Gasteiger partial charge in [-0.15, -0.1) is 0 Å². The zero-order valence-electron chi connectivity index (χ0n) is 10.9. The standard InChI is InChI=1S/C12H18FNO4S/c1-3-18-8-9(2)14-19(16,17)11-4-5-12(13)10(6-11)7-15/h4-6,9,14-15H,3,7-8H2,1-2H3. The molecule has 0 bridgehead atoms. The number of halogens is 1. The van der Waals surface area contributed by atoms with E-state index in [9.17, 15) is 12.8 Å². The lowest BCUT2D eigenvalue weighted by Gasteiger charge is -2.14. The Kier molecular flexibility index (Phi) is 5.86. The minimum absolute atomic E-state index is 0.0552. The fourth-order valence-corrected chi connectivity index (χ4v) is 2.78. The Balaban J connectivity index is 2.88. The van der Waals surface area contributed by atoms with E-state index < -0.39 is 28.5 Å². The number of hydrogen-bond donors (Lipinski definition) is 2. The van der Waals surface area contributed by atoms with Crippen molar-refractivity contribution in [3.05, 3.63) is 29.6 Å². The largest absolute Gasteiger partial charge is 0.392 e. The summed E-state index contributed by atoms with van der Waals surface area (Å²) in [4.78, 5) is -0.0821. The van der Waals surface area contributed by atoms with E-state index in [1.165, 1.54) is 0 Å². The second-order valence-corrected chi connectivity index (χ2v) is 5.81. The maximum Gasteiger partial charge on any atom is 0.240 e. The van der Waals surface area contributed by atoms with E-state index in [0.717, 1.165) is 18.2 Å². The Hall–Kier alpha value is -1.02. The van der Waals surface area contributed by atoms with Gasteiger partial charge in [0.05, 0.1) is 18.1 Å². The highest BCUT2D eigenvalue weighted by Crippen LogP contribution is 2.15. The fourth-order valence-electron chi connectivity index (χ4n) is 1.50. The highest BCUT2D eigenvalue weighted by Gasteiger charge is 2.18. The normalized spacial score (nSPS) is 13.5. The van der Waals surface area contributed by atoms with Gasteiger partial charge < -0.3 is 9.84 Å². The van der Waals surface area contributed by atoms with Crippen molar-refractivity contribution in [2.45, 2.75) is 31.4 Å². The molecule has 0 heterocycles. The minimum atomic E-state index is -3.75. The quantitative estimate of drug-likeness (QED) is 0.786. The van der Waals surface area contributed by atoms with E-state index in [2.05, 4.69) is 4.72 Å². The number of aliphatic hydroxyl groups is 1. The Morgan fingerprint density at radius 1 is 1.47 bits per heavy atom. The van der Waals surface area contributed by atoms with Crippen molar-refractivity contribution in [3.8, 4) is 0 Å². The maximum absolute atomic E-state index is 13.2. The zero-order chi connectivity index (χ0) is 14.5. The van der Waals surface area contributed by atoms with Crippen LogP contribution in [0.4, 0.5) is 4.39 Å². The third-order valence-corrected chi connectivity index (χ3v) is 4.01. The van der Waals surface area contributed by atoms with Crippen LogP contribution in [0.15, 0.2) is 23.1 Å². The summed E-state index contributed by atoms with van der Waals surface area (Å²) in [5.74, 6) is -0.635. The van der Waals surface area contributed by atoms with E-state index in [-0.39, 0.29) is 17.1 Å². The van der Waals surface area contributed by atoms with Gasteiger partial charge in [0.1, 0.15) is 5.82 Å². The van der Waals surface area contributed by atoms with E-state index >= 15 is 0 Å². The highest BCUT2D eigenvalue weighted by molar-refractivity contribution is 7.89. The molecule has 0 saturated heterocycles. The lowest BCUT2D eigenvalue weighted by Crippen LogP contribution is -2.36. The van der Waals surface area contributed by atoms with E-state index in [1.54, 1.807) is 6.92 Å². The molecular formula is C12H18FNO4S. The number of rotatable bonds is 7. The van der Waals surface area contributed by atoms with Crippen LogP contribution in [-0.2, 0) is 21.4 Å². The van der Waals surface area contributed by atoms with Crippen molar-refractivity contribution < 1.29 is 22.7 Å². The van der Waals surface area contributed by atoms with E-state index in [1.807, 2.05) is 6.92 Å². The van der Waals surface area contributed by atoms with Gasteiger partial charge in [-0.25, -0.2) is 17.5 Å². The molecule has 0 aliphatic heterocycles. The van der Waals surface area contributed by atoms with Crippen LogP contribution in [0.2, 0.25) is 0 Å². The molecular weight excluding hydrogens is 273 g/mol. The third kappa shape index (κ3) is 4.54. The van der Waals surface area contributed by atoms with E-state index in [4.69, 9.17) is 9.84 Å². The van der Waals surface area contributed by atoms with Crippen molar-refractivity contribution in [1.82, 2.24) is 4.72 Å². The molecule has 0 saturated carbocycles. The van der Waals surface area contributed by atoms with Gasteiger partial charge in [0.2, 0.25) is 10.0 Å². The first kappa shape index (κ1) is 16.0. The van der Waals surface area contributed by atoms with Crippen LogP contribution in [0.1, 0.15) is 19.4 Å². The van der Waals surface area contributed by atoms with Crippen LogP contribution in [0.5, 0.6) is 0 Å². The molecule has 1 rings (SSSR count). The lowest BCUT2D eigenvalue weighted by molar-refractivity contribution is 0.133. The summed E-state index contributed by atoms with van der Waals surface area (Å²) in [6.45, 7) is 3.68. The molecule has 0 spiro atoms. The van der Waals surface area contributed by atoms with Crippen molar-refractivity contribution in [1.29, 1.82) is 0 Å². The van der Waals surface area contributed by atoms with E-state index in [0.29, 0.717) is 6.61 Å². The Labute approximate surface area is 112 Å². The molecule has 0 aliphatic carbocycles. The third-order valence-electron chi connectivity index (χ3n) is 2.43. The summed E-state index contributed by atoms with van der Waals surface area (Å²) < 4.78 is 44.8. The van der Waals surface area contributed by atoms with Gasteiger partial charge in [-0.1, -0.05) is 0 Å². The molecule has 1 unspecified atom stereocenters. The van der Waals surface area contributed by atoms with Gasteiger partial charge in [-0.2, -0.15) is 0 Å². The molecule has 7 heteroatoms. The molecule has 0 radical (unpaired) electrons. The number of sulfonamides is 1. The Morgan fingerprint density at radius 3 is 2.74 bits per heavy atom. The van der Waals surface area contributed by atoms with Crippen LogP contribution in [0.3, 0.4) is 0 Å². The van der Waals surface area contributed by atoms with Crippen molar-refractivity contribution in [2.24, 2.45) is 0 Å². The molecule has 0 amide bonds. The molecule has 1 aromatic rings. The first-order chi connectivity index (χ1) is 8.90. The number of nitrogens with one attached hydrogen (secondary N) is 1. The first-order valence-electron chi connectivity index (χ1n) is 5.90. The summed E-state index contributed by atoms with van der Waals surface area (Å²) in [6.07, 6.45) is 0. The van der Waals surface area contributed by atoms with Gasteiger partial charge in [0.25, 0.3) is 0 Å². The van der Waals surface area contributed by atoms with Crippen LogP contribution >= 0.6 is 0 Å². The summed E-state index contributed by atoms with van der Waals surface area (Å²) in [6, 6.07) is 2.90. The molecule has 0 fully saturated rings.